The zero-order valence-corrected chi connectivity index (χ0v) is 17.4. The minimum absolute atomic E-state index is 0.0281. The van der Waals surface area contributed by atoms with Crippen molar-refractivity contribution in [3.8, 4) is 5.75 Å². The minimum Gasteiger partial charge on any atom is -0.473 e. The van der Waals surface area contributed by atoms with Crippen LogP contribution in [0, 0.1) is 6.92 Å². The molecule has 0 aliphatic carbocycles. The number of carbonyl (C=O) groups excluding carboxylic acids is 1. The normalized spacial score (nSPS) is 11.2. The predicted octanol–water partition coefficient (Wildman–Crippen LogP) is 5.58. The lowest BCUT2D eigenvalue weighted by Gasteiger charge is -2.23. The average Bonchev–Trinajstić information content (AvgIpc) is 2.62. The van der Waals surface area contributed by atoms with E-state index in [2.05, 4.69) is 58.2 Å². The first-order valence-electron chi connectivity index (χ1n) is 9.65. The highest BCUT2D eigenvalue weighted by molar-refractivity contribution is 5.91. The van der Waals surface area contributed by atoms with Crippen molar-refractivity contribution in [3.05, 3.63) is 58.7 Å². The van der Waals surface area contributed by atoms with Gasteiger partial charge in [0.05, 0.1) is 0 Å². The second-order valence-electron chi connectivity index (χ2n) is 7.83. The molecule has 146 valence electrons. The Morgan fingerprint density at radius 1 is 1.04 bits per heavy atom. The maximum Gasteiger partial charge on any atom is 0.321 e. The molecule has 0 atom stereocenters. The van der Waals surface area contributed by atoms with Crippen LogP contribution in [0.15, 0.2) is 36.4 Å². The Bertz CT molecular complexity index is 769. The molecule has 0 spiro atoms. The smallest absolute Gasteiger partial charge is 0.321 e. The number of aryl methyl sites for hydroxylation is 3. The molecule has 0 aliphatic heterocycles. The molecule has 0 saturated heterocycles. The Morgan fingerprint density at radius 3 is 2.22 bits per heavy atom. The fourth-order valence-corrected chi connectivity index (χ4v) is 3.10. The Kier molecular flexibility index (Phi) is 6.89. The number of anilines is 1. The van der Waals surface area contributed by atoms with Gasteiger partial charge >= 0.3 is 6.03 Å². The van der Waals surface area contributed by atoms with Gasteiger partial charge in [0.15, 0.2) is 6.73 Å². The lowest BCUT2D eigenvalue weighted by molar-refractivity contribution is 0.233. The van der Waals surface area contributed by atoms with Gasteiger partial charge in [-0.2, -0.15) is 0 Å². The summed E-state index contributed by atoms with van der Waals surface area (Å²) in [6, 6.07) is 12.0. The number of urea groups is 1. The van der Waals surface area contributed by atoms with Crippen molar-refractivity contribution in [2.45, 2.75) is 59.8 Å². The van der Waals surface area contributed by atoms with Gasteiger partial charge in [0.25, 0.3) is 0 Å². The highest BCUT2D eigenvalue weighted by Crippen LogP contribution is 2.32. The molecule has 0 heterocycles. The molecular weight excluding hydrogens is 336 g/mol. The molecule has 27 heavy (non-hydrogen) atoms. The predicted molar refractivity (Wildman–Crippen MR) is 113 cm³/mol. The van der Waals surface area contributed by atoms with Crippen LogP contribution in [-0.4, -0.2) is 12.8 Å². The molecule has 0 fully saturated rings. The summed E-state index contributed by atoms with van der Waals surface area (Å²) in [6.07, 6.45) is 1.75. The van der Waals surface area contributed by atoms with Gasteiger partial charge in [0, 0.05) is 5.69 Å². The number of benzene rings is 2. The third-order valence-electron chi connectivity index (χ3n) is 4.64. The summed E-state index contributed by atoms with van der Waals surface area (Å²) in [4.78, 5) is 12.4. The summed E-state index contributed by atoms with van der Waals surface area (Å²) in [7, 11) is 0. The van der Waals surface area contributed by atoms with Crippen LogP contribution in [0.25, 0.3) is 0 Å². The van der Waals surface area contributed by atoms with Gasteiger partial charge in [0.1, 0.15) is 5.75 Å². The Balaban J connectivity index is 2.02. The summed E-state index contributed by atoms with van der Waals surface area (Å²) in [5.41, 5.74) is 5.49. The number of carbonyl (C=O) groups is 1. The van der Waals surface area contributed by atoms with Gasteiger partial charge in [-0.25, -0.2) is 4.79 Å². The van der Waals surface area contributed by atoms with Crippen molar-refractivity contribution in [2.75, 3.05) is 12.0 Å². The summed E-state index contributed by atoms with van der Waals surface area (Å²) in [5, 5.41) is 5.79. The van der Waals surface area contributed by atoms with E-state index in [1.165, 1.54) is 5.56 Å². The van der Waals surface area contributed by atoms with Crippen molar-refractivity contribution in [1.29, 1.82) is 0 Å². The fraction of sp³-hybridized carbons (Fsp3) is 0.435. The molecule has 2 N–H and O–H groups in total. The van der Waals surface area contributed by atoms with E-state index in [0.29, 0.717) is 0 Å². The SMILES string of the molecule is CCc1cccc(CC)c1NC(=O)NCOc1ccc(C)cc1C(C)(C)C. The van der Waals surface area contributed by atoms with Crippen molar-refractivity contribution in [1.82, 2.24) is 5.32 Å². The molecule has 0 radical (unpaired) electrons. The maximum atomic E-state index is 12.4. The topological polar surface area (TPSA) is 50.4 Å². The molecule has 0 unspecified atom stereocenters. The van der Waals surface area contributed by atoms with Crippen molar-refractivity contribution >= 4 is 11.7 Å². The van der Waals surface area contributed by atoms with E-state index in [4.69, 9.17) is 4.74 Å². The minimum atomic E-state index is -0.255. The average molecular weight is 369 g/mol. The molecule has 0 bridgehead atoms. The zero-order valence-electron chi connectivity index (χ0n) is 17.4. The number of hydrogen-bond donors (Lipinski definition) is 2. The second kappa shape index (κ2) is 8.94. The van der Waals surface area contributed by atoms with E-state index in [0.717, 1.165) is 41.0 Å². The standard InChI is InChI=1S/C23H32N2O2/c1-7-17-10-9-11-18(8-2)21(17)25-22(26)24-15-27-20-13-12-16(3)14-19(20)23(4,5)6/h9-14H,7-8,15H2,1-6H3,(H2,24,25,26). The van der Waals surface area contributed by atoms with Crippen LogP contribution in [0.5, 0.6) is 5.75 Å². The number of rotatable bonds is 6. The first kappa shape index (κ1) is 20.8. The van der Waals surface area contributed by atoms with Crippen LogP contribution in [0.1, 0.15) is 56.9 Å². The fourth-order valence-electron chi connectivity index (χ4n) is 3.10. The van der Waals surface area contributed by atoms with Crippen LogP contribution in [0.2, 0.25) is 0 Å². The molecule has 0 aliphatic rings. The second-order valence-corrected chi connectivity index (χ2v) is 7.83. The van der Waals surface area contributed by atoms with Gasteiger partial charge in [0.2, 0.25) is 0 Å². The third-order valence-corrected chi connectivity index (χ3v) is 4.64. The first-order chi connectivity index (χ1) is 12.8. The van der Waals surface area contributed by atoms with E-state index >= 15 is 0 Å². The molecule has 2 aromatic carbocycles. The van der Waals surface area contributed by atoms with Gasteiger partial charge in [-0.1, -0.05) is 70.5 Å². The maximum absolute atomic E-state index is 12.4. The highest BCUT2D eigenvalue weighted by Gasteiger charge is 2.19. The summed E-state index contributed by atoms with van der Waals surface area (Å²) in [6.45, 7) is 12.8. The number of para-hydroxylation sites is 1. The third kappa shape index (κ3) is 5.49. The van der Waals surface area contributed by atoms with E-state index in [1.807, 2.05) is 30.3 Å². The van der Waals surface area contributed by atoms with Crippen molar-refractivity contribution in [3.63, 3.8) is 0 Å². The summed E-state index contributed by atoms with van der Waals surface area (Å²) < 4.78 is 5.87. The van der Waals surface area contributed by atoms with Crippen molar-refractivity contribution < 1.29 is 9.53 Å². The Hall–Kier alpha value is -2.49. The van der Waals surface area contributed by atoms with Crippen molar-refractivity contribution in [2.24, 2.45) is 0 Å². The van der Waals surface area contributed by atoms with E-state index in [-0.39, 0.29) is 18.2 Å². The van der Waals surface area contributed by atoms with Crippen LogP contribution >= 0.6 is 0 Å². The number of hydrogen-bond acceptors (Lipinski definition) is 2. The number of nitrogens with one attached hydrogen (secondary N) is 2. The van der Waals surface area contributed by atoms with E-state index in [1.54, 1.807) is 0 Å². The molecule has 4 heteroatoms. The first-order valence-corrected chi connectivity index (χ1v) is 9.65. The van der Waals surface area contributed by atoms with Crippen LogP contribution in [0.3, 0.4) is 0 Å². The van der Waals surface area contributed by atoms with E-state index in [9.17, 15) is 4.79 Å². The van der Waals surface area contributed by atoms with Gasteiger partial charge in [-0.3, -0.25) is 0 Å². The van der Waals surface area contributed by atoms with Gasteiger partial charge < -0.3 is 15.4 Å². The van der Waals surface area contributed by atoms with E-state index < -0.39 is 0 Å². The lowest BCUT2D eigenvalue weighted by atomic mass is 9.85. The largest absolute Gasteiger partial charge is 0.473 e. The molecule has 2 amide bonds. The van der Waals surface area contributed by atoms with Gasteiger partial charge in [-0.15, -0.1) is 0 Å². The molecule has 0 saturated carbocycles. The zero-order chi connectivity index (χ0) is 20.0. The Labute approximate surface area is 163 Å². The number of amides is 2. The van der Waals surface area contributed by atoms with Crippen LogP contribution < -0.4 is 15.4 Å². The highest BCUT2D eigenvalue weighted by atomic mass is 16.5. The molecule has 2 rings (SSSR count). The monoisotopic (exact) mass is 368 g/mol. The molecule has 0 aromatic heterocycles. The number of ether oxygens (including phenoxy) is 1. The van der Waals surface area contributed by atoms with Crippen LogP contribution in [-0.2, 0) is 18.3 Å². The summed E-state index contributed by atoms with van der Waals surface area (Å²) in [5.74, 6) is 0.802. The van der Waals surface area contributed by atoms with Gasteiger partial charge in [-0.05, 0) is 47.9 Å². The lowest BCUT2D eigenvalue weighted by Crippen LogP contribution is -2.33. The molecule has 2 aromatic rings. The molecule has 4 nitrogen and oxygen atoms in total. The summed E-state index contributed by atoms with van der Waals surface area (Å²) >= 11 is 0. The van der Waals surface area contributed by atoms with Crippen LogP contribution in [0.4, 0.5) is 10.5 Å². The quantitative estimate of drug-likeness (QED) is 0.654. The Morgan fingerprint density at radius 2 is 1.67 bits per heavy atom. The molecular formula is C23H32N2O2.